The van der Waals surface area contributed by atoms with Crippen LogP contribution in [-0.2, 0) is 0 Å². The summed E-state index contributed by atoms with van der Waals surface area (Å²) in [5.74, 6) is 0.852. The largest absolute Gasteiger partial charge is 0.347 e. The van der Waals surface area contributed by atoms with Crippen LogP contribution in [0, 0.1) is 0 Å². The summed E-state index contributed by atoms with van der Waals surface area (Å²) in [7, 11) is 0. The lowest BCUT2D eigenvalue weighted by molar-refractivity contribution is -0.661. The first kappa shape index (κ1) is 19.3. The van der Waals surface area contributed by atoms with E-state index in [1.807, 2.05) is 0 Å². The fourth-order valence-corrected chi connectivity index (χ4v) is 3.49. The summed E-state index contributed by atoms with van der Waals surface area (Å²) in [6.07, 6.45) is 0. The van der Waals surface area contributed by atoms with E-state index < -0.39 is 0 Å². The van der Waals surface area contributed by atoms with Gasteiger partial charge in [0.2, 0.25) is 0 Å². The van der Waals surface area contributed by atoms with Gasteiger partial charge in [-0.2, -0.15) is 0 Å². The van der Waals surface area contributed by atoms with Crippen LogP contribution in [0.15, 0.2) is 0 Å². The summed E-state index contributed by atoms with van der Waals surface area (Å²) in [5.41, 5.74) is 6.55. The summed E-state index contributed by atoms with van der Waals surface area (Å²) in [6, 6.07) is 0. The molecule has 0 heterocycles. The molecule has 0 aromatic carbocycles. The van der Waals surface area contributed by atoms with Gasteiger partial charge in [0.25, 0.3) is 0 Å². The molecule has 0 saturated heterocycles. The minimum absolute atomic E-state index is 0.0307. The van der Waals surface area contributed by atoms with Gasteiger partial charge in [0.15, 0.2) is 0 Å². The van der Waals surface area contributed by atoms with Crippen LogP contribution in [0.3, 0.4) is 0 Å². The summed E-state index contributed by atoms with van der Waals surface area (Å²) >= 11 is 0. The Balaban J connectivity index is 6.33. The van der Waals surface area contributed by atoms with Crippen molar-refractivity contribution in [2.24, 2.45) is 5.73 Å². The van der Waals surface area contributed by atoms with E-state index in [-0.39, 0.29) is 22.2 Å². The van der Waals surface area contributed by atoms with Crippen molar-refractivity contribution in [1.29, 1.82) is 0 Å². The Morgan fingerprint density at radius 1 is 0.650 bits per heavy atom. The smallest absolute Gasteiger partial charge is 0.291 e. The molecule has 0 aliphatic rings. The van der Waals surface area contributed by atoms with Crippen LogP contribution in [0.25, 0.3) is 0 Å². The number of nitrogens with zero attached hydrogens (tertiary/aromatic N) is 2. The molecule has 0 aliphatic heterocycles. The van der Waals surface area contributed by atoms with Crippen molar-refractivity contribution in [3.8, 4) is 0 Å². The number of rotatable bonds is 0. The molecule has 0 saturated carbocycles. The quantitative estimate of drug-likeness (QED) is 0.417. The minimum Gasteiger partial charge on any atom is -0.291 e. The number of nitrogens with two attached hydrogens (primary N) is 1. The highest BCUT2D eigenvalue weighted by Gasteiger charge is 2.43. The molecule has 0 fully saturated rings. The number of guanidine groups is 1. The molecule has 0 spiro atoms. The van der Waals surface area contributed by atoms with Crippen molar-refractivity contribution < 1.29 is 4.58 Å². The first-order chi connectivity index (χ1) is 8.40. The third kappa shape index (κ3) is 4.68. The van der Waals surface area contributed by atoms with Crippen LogP contribution >= 0.6 is 0 Å². The van der Waals surface area contributed by atoms with Gasteiger partial charge < -0.3 is 0 Å². The molecular formula is C17H38N3+. The van der Waals surface area contributed by atoms with Crippen molar-refractivity contribution >= 4 is 5.96 Å². The first-order valence-electron chi connectivity index (χ1n) is 7.63. The maximum absolute atomic E-state index is 6.68. The van der Waals surface area contributed by atoms with Crippen LogP contribution in [0.2, 0.25) is 0 Å². The van der Waals surface area contributed by atoms with Crippen LogP contribution < -0.4 is 5.73 Å². The first-order valence-corrected chi connectivity index (χ1v) is 7.63. The molecule has 0 unspecified atom stereocenters. The van der Waals surface area contributed by atoms with E-state index >= 15 is 0 Å². The fraction of sp³-hybridized carbons (Fsp3) is 0.941. The van der Waals surface area contributed by atoms with E-state index in [9.17, 15) is 0 Å². The van der Waals surface area contributed by atoms with Crippen molar-refractivity contribution in [2.45, 2.75) is 105 Å². The number of hydrogen-bond donors (Lipinski definition) is 1. The Kier molecular flexibility index (Phi) is 5.04. The van der Waals surface area contributed by atoms with E-state index in [1.165, 1.54) is 0 Å². The maximum atomic E-state index is 6.68. The van der Waals surface area contributed by atoms with E-state index in [0.29, 0.717) is 0 Å². The van der Waals surface area contributed by atoms with E-state index in [1.54, 1.807) is 0 Å². The SMILES string of the molecule is CC(C)(C)N(C(N)=[N+](C(C)(C)C)C(C)(C)C)C(C)(C)C. The zero-order chi connectivity index (χ0) is 16.7. The summed E-state index contributed by atoms with van der Waals surface area (Å²) in [6.45, 7) is 26.6. The summed E-state index contributed by atoms with van der Waals surface area (Å²) in [5, 5.41) is 0. The van der Waals surface area contributed by atoms with Gasteiger partial charge in [-0.05, 0) is 83.1 Å². The lowest BCUT2D eigenvalue weighted by atomic mass is 9.95. The van der Waals surface area contributed by atoms with E-state index in [2.05, 4.69) is 92.6 Å². The standard InChI is InChI=1S/C17H37N3/c1-14(2,3)19(15(4,5)6)13(18)20(16(7,8)9)17(10,11)12/h18H,1-12H3/p+1. The second-order valence-electron chi connectivity index (χ2n) is 9.71. The van der Waals surface area contributed by atoms with Gasteiger partial charge >= 0.3 is 5.96 Å². The maximum Gasteiger partial charge on any atom is 0.347 e. The van der Waals surface area contributed by atoms with Crippen molar-refractivity contribution in [3.05, 3.63) is 0 Å². The normalized spacial score (nSPS) is 14.2. The van der Waals surface area contributed by atoms with Crippen LogP contribution in [0.5, 0.6) is 0 Å². The second kappa shape index (κ2) is 5.23. The van der Waals surface area contributed by atoms with Crippen molar-refractivity contribution in [1.82, 2.24) is 4.90 Å². The zero-order valence-electron chi connectivity index (χ0n) is 16.0. The Labute approximate surface area is 127 Å². The van der Waals surface area contributed by atoms with Crippen molar-refractivity contribution in [2.75, 3.05) is 0 Å². The third-order valence-corrected chi connectivity index (χ3v) is 3.14. The van der Waals surface area contributed by atoms with Gasteiger partial charge in [-0.1, -0.05) is 0 Å². The molecule has 3 heteroatoms. The van der Waals surface area contributed by atoms with E-state index in [4.69, 9.17) is 5.73 Å². The Morgan fingerprint density at radius 2 is 0.900 bits per heavy atom. The van der Waals surface area contributed by atoms with Gasteiger partial charge in [-0.3, -0.25) is 15.2 Å². The van der Waals surface area contributed by atoms with Gasteiger partial charge in [-0.25, -0.2) is 0 Å². The minimum atomic E-state index is -0.0307. The Bertz CT molecular complexity index is 335. The fourth-order valence-electron chi connectivity index (χ4n) is 3.49. The highest BCUT2D eigenvalue weighted by atomic mass is 15.4. The number of hydrogen-bond acceptors (Lipinski definition) is 0. The average molecular weight is 285 g/mol. The van der Waals surface area contributed by atoms with Gasteiger partial charge in [0.1, 0.15) is 0 Å². The zero-order valence-corrected chi connectivity index (χ0v) is 16.0. The molecule has 0 aromatic rings. The third-order valence-electron chi connectivity index (χ3n) is 3.14. The monoisotopic (exact) mass is 284 g/mol. The molecule has 0 amide bonds. The second-order valence-corrected chi connectivity index (χ2v) is 9.71. The molecule has 0 aromatic heterocycles. The van der Waals surface area contributed by atoms with E-state index in [0.717, 1.165) is 5.96 Å². The lowest BCUT2D eigenvalue weighted by Crippen LogP contribution is -2.64. The van der Waals surface area contributed by atoms with Crippen LogP contribution in [0.1, 0.15) is 83.1 Å². The van der Waals surface area contributed by atoms with Crippen molar-refractivity contribution in [3.63, 3.8) is 0 Å². The highest BCUT2D eigenvalue weighted by Crippen LogP contribution is 2.27. The summed E-state index contributed by atoms with van der Waals surface area (Å²) in [4.78, 5) is 2.33. The predicted octanol–water partition coefficient (Wildman–Crippen LogP) is 3.81. The topological polar surface area (TPSA) is 32.3 Å². The lowest BCUT2D eigenvalue weighted by Gasteiger charge is -2.45. The molecule has 120 valence electrons. The van der Waals surface area contributed by atoms with Gasteiger partial charge in [0, 0.05) is 0 Å². The molecule has 0 rings (SSSR count). The molecule has 3 nitrogen and oxygen atoms in total. The molecule has 20 heavy (non-hydrogen) atoms. The van der Waals surface area contributed by atoms with Gasteiger partial charge in [0.05, 0.1) is 22.2 Å². The molecule has 2 N–H and O–H groups in total. The predicted molar refractivity (Wildman–Crippen MR) is 90.3 cm³/mol. The molecule has 0 bridgehead atoms. The van der Waals surface area contributed by atoms with Gasteiger partial charge in [-0.15, -0.1) is 0 Å². The Morgan fingerprint density at radius 3 is 1.05 bits per heavy atom. The highest BCUT2D eigenvalue weighted by molar-refractivity contribution is 5.75. The van der Waals surface area contributed by atoms with Crippen LogP contribution in [-0.4, -0.2) is 37.6 Å². The average Bonchev–Trinajstić information content (AvgIpc) is 1.88. The Hall–Kier alpha value is -0.730. The molecule has 0 atom stereocenters. The molecular weight excluding hydrogens is 246 g/mol. The molecule has 0 radical (unpaired) electrons. The summed E-state index contributed by atoms with van der Waals surface area (Å²) < 4.78 is 2.33. The molecule has 0 aliphatic carbocycles. The van der Waals surface area contributed by atoms with Crippen LogP contribution in [0.4, 0.5) is 0 Å².